The molecule has 160 valence electrons. The fraction of sp³-hybridized carbons (Fsp3) is 0.667. The summed E-state index contributed by atoms with van der Waals surface area (Å²) < 4.78 is 11.4. The average Bonchev–Trinajstić information content (AvgIpc) is 3.38. The van der Waals surface area contributed by atoms with E-state index >= 15 is 0 Å². The monoisotopic (exact) mass is 504 g/mol. The number of hydrogen-bond donors (Lipinski definition) is 2. The fourth-order valence-electron chi connectivity index (χ4n) is 2.94. The summed E-state index contributed by atoms with van der Waals surface area (Å²) in [5, 5.41) is 6.79. The zero-order valence-corrected chi connectivity index (χ0v) is 20.3. The van der Waals surface area contributed by atoms with E-state index in [1.165, 1.54) is 6.42 Å². The SMILES string of the molecule is CCNC(=NCc1ccc(OCCN(CC)CC)c(OC)c1)NC1CC1C.I. The number of methoxy groups -OCH3 is 1. The van der Waals surface area contributed by atoms with Crippen molar-refractivity contribution in [2.24, 2.45) is 10.9 Å². The molecular weight excluding hydrogens is 467 g/mol. The summed E-state index contributed by atoms with van der Waals surface area (Å²) in [6.45, 7) is 13.8. The molecule has 1 aromatic rings. The van der Waals surface area contributed by atoms with Crippen LogP contribution >= 0.6 is 24.0 Å². The van der Waals surface area contributed by atoms with Crippen molar-refractivity contribution in [3.63, 3.8) is 0 Å². The normalized spacial score (nSPS) is 18.4. The minimum Gasteiger partial charge on any atom is -0.493 e. The van der Waals surface area contributed by atoms with Crippen LogP contribution in [0.1, 0.15) is 39.7 Å². The van der Waals surface area contributed by atoms with Crippen molar-refractivity contribution in [1.29, 1.82) is 0 Å². The first-order valence-corrected chi connectivity index (χ1v) is 10.2. The number of benzene rings is 1. The Balaban J connectivity index is 0.00000392. The third kappa shape index (κ3) is 8.03. The van der Waals surface area contributed by atoms with Gasteiger partial charge in [0.2, 0.25) is 0 Å². The Morgan fingerprint density at radius 1 is 1.21 bits per heavy atom. The van der Waals surface area contributed by atoms with E-state index in [1.807, 2.05) is 12.1 Å². The van der Waals surface area contributed by atoms with E-state index in [4.69, 9.17) is 14.5 Å². The number of ether oxygens (including phenoxy) is 2. The van der Waals surface area contributed by atoms with Crippen molar-refractivity contribution in [3.05, 3.63) is 23.8 Å². The number of nitrogens with zero attached hydrogens (tertiary/aromatic N) is 2. The molecule has 0 saturated heterocycles. The summed E-state index contributed by atoms with van der Waals surface area (Å²) in [6, 6.07) is 6.61. The van der Waals surface area contributed by atoms with Gasteiger partial charge in [0.25, 0.3) is 0 Å². The van der Waals surface area contributed by atoms with Crippen molar-refractivity contribution in [2.75, 3.05) is 39.9 Å². The van der Waals surface area contributed by atoms with Gasteiger partial charge >= 0.3 is 0 Å². The average molecular weight is 504 g/mol. The Bertz CT molecular complexity index is 608. The van der Waals surface area contributed by atoms with Crippen LogP contribution in [0.4, 0.5) is 0 Å². The van der Waals surface area contributed by atoms with Crippen LogP contribution in [0.25, 0.3) is 0 Å². The molecule has 0 spiro atoms. The van der Waals surface area contributed by atoms with Crippen LogP contribution in [-0.2, 0) is 6.54 Å². The Morgan fingerprint density at radius 2 is 1.93 bits per heavy atom. The van der Waals surface area contributed by atoms with Gasteiger partial charge in [-0.2, -0.15) is 0 Å². The second-order valence-corrected chi connectivity index (χ2v) is 7.02. The van der Waals surface area contributed by atoms with Gasteiger partial charge in [0, 0.05) is 19.1 Å². The Morgan fingerprint density at radius 3 is 2.50 bits per heavy atom. The molecule has 1 fully saturated rings. The molecule has 2 rings (SSSR count). The van der Waals surface area contributed by atoms with Gasteiger partial charge in [-0.3, -0.25) is 0 Å². The molecule has 2 atom stereocenters. The lowest BCUT2D eigenvalue weighted by Crippen LogP contribution is -2.39. The summed E-state index contributed by atoms with van der Waals surface area (Å²) >= 11 is 0. The molecule has 0 amide bonds. The highest BCUT2D eigenvalue weighted by Crippen LogP contribution is 2.29. The molecule has 2 N–H and O–H groups in total. The van der Waals surface area contributed by atoms with E-state index in [9.17, 15) is 0 Å². The maximum absolute atomic E-state index is 5.93. The molecule has 28 heavy (non-hydrogen) atoms. The highest BCUT2D eigenvalue weighted by Gasteiger charge is 2.33. The number of aliphatic imine (C=N–C) groups is 1. The van der Waals surface area contributed by atoms with E-state index in [0.717, 1.165) is 55.1 Å². The molecule has 0 heterocycles. The summed E-state index contributed by atoms with van der Waals surface area (Å²) in [7, 11) is 1.68. The highest BCUT2D eigenvalue weighted by atomic mass is 127. The van der Waals surface area contributed by atoms with Crippen molar-refractivity contribution < 1.29 is 9.47 Å². The quantitative estimate of drug-likeness (QED) is 0.275. The molecule has 1 aliphatic rings. The highest BCUT2D eigenvalue weighted by molar-refractivity contribution is 14.0. The minimum atomic E-state index is 0. The lowest BCUT2D eigenvalue weighted by atomic mass is 10.2. The summed E-state index contributed by atoms with van der Waals surface area (Å²) in [6.07, 6.45) is 1.22. The van der Waals surface area contributed by atoms with Crippen LogP contribution in [-0.4, -0.2) is 56.8 Å². The maximum Gasteiger partial charge on any atom is 0.191 e. The van der Waals surface area contributed by atoms with Crippen molar-refractivity contribution in [1.82, 2.24) is 15.5 Å². The largest absolute Gasteiger partial charge is 0.493 e. The molecule has 2 unspecified atom stereocenters. The minimum absolute atomic E-state index is 0. The first kappa shape index (κ1) is 24.8. The van der Waals surface area contributed by atoms with Gasteiger partial charge in [-0.05, 0) is 50.0 Å². The summed E-state index contributed by atoms with van der Waals surface area (Å²) in [5.41, 5.74) is 1.10. The van der Waals surface area contributed by atoms with Crippen LogP contribution in [0.15, 0.2) is 23.2 Å². The number of hydrogen-bond acceptors (Lipinski definition) is 4. The number of guanidine groups is 1. The molecule has 0 bridgehead atoms. The first-order valence-electron chi connectivity index (χ1n) is 10.2. The number of nitrogens with one attached hydrogen (secondary N) is 2. The van der Waals surface area contributed by atoms with Gasteiger partial charge in [0.05, 0.1) is 13.7 Å². The Hall–Kier alpha value is -1.22. The molecule has 6 nitrogen and oxygen atoms in total. The molecule has 0 radical (unpaired) electrons. The molecule has 1 saturated carbocycles. The van der Waals surface area contributed by atoms with E-state index in [0.29, 0.717) is 19.2 Å². The molecule has 0 aliphatic heterocycles. The van der Waals surface area contributed by atoms with E-state index < -0.39 is 0 Å². The van der Waals surface area contributed by atoms with Crippen LogP contribution in [0.5, 0.6) is 11.5 Å². The van der Waals surface area contributed by atoms with Crippen LogP contribution in [0.2, 0.25) is 0 Å². The first-order chi connectivity index (χ1) is 13.1. The molecular formula is C21H37IN4O2. The van der Waals surface area contributed by atoms with Gasteiger partial charge in [0.1, 0.15) is 6.61 Å². The van der Waals surface area contributed by atoms with E-state index in [1.54, 1.807) is 7.11 Å². The van der Waals surface area contributed by atoms with Crippen LogP contribution < -0.4 is 20.1 Å². The van der Waals surface area contributed by atoms with Crippen molar-refractivity contribution >= 4 is 29.9 Å². The zero-order chi connectivity index (χ0) is 19.6. The zero-order valence-electron chi connectivity index (χ0n) is 18.0. The number of likely N-dealkylation sites (N-methyl/N-ethyl adjacent to an activating group) is 1. The van der Waals surface area contributed by atoms with Gasteiger partial charge in [-0.15, -0.1) is 24.0 Å². The predicted octanol–water partition coefficient (Wildman–Crippen LogP) is 3.50. The summed E-state index contributed by atoms with van der Waals surface area (Å²) in [4.78, 5) is 7.04. The third-order valence-electron chi connectivity index (χ3n) is 4.98. The second-order valence-electron chi connectivity index (χ2n) is 7.02. The standard InChI is InChI=1S/C21H36N4O2.HI/c1-6-22-21(24-18-13-16(18)4)23-15-17-9-10-19(20(14-17)26-5)27-12-11-25(7-2)8-3;/h9-10,14,16,18H,6-8,11-13,15H2,1-5H3,(H2,22,23,24);1H. The van der Waals surface area contributed by atoms with Crippen LogP contribution in [0.3, 0.4) is 0 Å². The summed E-state index contributed by atoms with van der Waals surface area (Å²) in [5.74, 6) is 3.16. The van der Waals surface area contributed by atoms with Gasteiger partial charge < -0.3 is 25.0 Å². The molecule has 1 aromatic carbocycles. The Kier molecular flexibility index (Phi) is 11.6. The lowest BCUT2D eigenvalue weighted by molar-refractivity contribution is 0.217. The second kappa shape index (κ2) is 13.1. The van der Waals surface area contributed by atoms with Gasteiger partial charge in [-0.1, -0.05) is 26.8 Å². The van der Waals surface area contributed by atoms with Gasteiger partial charge in [0.15, 0.2) is 17.5 Å². The Labute approximate surface area is 187 Å². The van der Waals surface area contributed by atoms with E-state index in [-0.39, 0.29) is 24.0 Å². The fourth-order valence-corrected chi connectivity index (χ4v) is 2.94. The van der Waals surface area contributed by atoms with Crippen LogP contribution in [0, 0.1) is 5.92 Å². The number of halogens is 1. The smallest absolute Gasteiger partial charge is 0.191 e. The topological polar surface area (TPSA) is 58.1 Å². The lowest BCUT2D eigenvalue weighted by Gasteiger charge is -2.19. The van der Waals surface area contributed by atoms with E-state index in [2.05, 4.69) is 49.3 Å². The maximum atomic E-state index is 5.93. The molecule has 1 aliphatic carbocycles. The van der Waals surface area contributed by atoms with Crippen molar-refractivity contribution in [3.8, 4) is 11.5 Å². The molecule has 7 heteroatoms. The predicted molar refractivity (Wildman–Crippen MR) is 127 cm³/mol. The van der Waals surface area contributed by atoms with Gasteiger partial charge in [-0.25, -0.2) is 4.99 Å². The van der Waals surface area contributed by atoms with Crippen molar-refractivity contribution in [2.45, 2.75) is 46.7 Å². The third-order valence-corrected chi connectivity index (χ3v) is 4.98. The number of rotatable bonds is 11. The molecule has 0 aromatic heterocycles.